The Morgan fingerprint density at radius 1 is 0.973 bits per heavy atom. The van der Waals surface area contributed by atoms with Gasteiger partial charge in [-0.1, -0.05) is 0 Å². The smallest absolute Gasteiger partial charge is 0.254 e. The topological polar surface area (TPSA) is 111 Å². The standard InChI is InChI=1S/C29H26N6O2/c30-16-21-1-3-22(4-2-21)25(36)13-26-34-29(14-19-5-9-31-10-6-19,15-20-7-11-32-12-8-20)28(37)35(26)27-23-17-33-18-24(23)27/h1-13,23-24,27,33-34H,14-15,17-18H2/b26-13+/t23-,24+,27+. The van der Waals surface area contributed by atoms with Crippen LogP contribution in [0.25, 0.3) is 0 Å². The molecule has 2 saturated heterocycles. The van der Waals surface area contributed by atoms with Crippen molar-refractivity contribution in [2.75, 3.05) is 13.1 Å². The van der Waals surface area contributed by atoms with Crippen molar-refractivity contribution >= 4 is 11.7 Å². The highest BCUT2D eigenvalue weighted by Gasteiger charge is 2.62. The molecule has 1 aliphatic carbocycles. The van der Waals surface area contributed by atoms with Crippen LogP contribution in [0.1, 0.15) is 27.0 Å². The molecule has 184 valence electrons. The zero-order valence-electron chi connectivity index (χ0n) is 20.2. The number of nitrogens with one attached hydrogen (secondary N) is 2. The Morgan fingerprint density at radius 3 is 2.08 bits per heavy atom. The van der Waals surface area contributed by atoms with Crippen LogP contribution in [0.4, 0.5) is 0 Å². The molecule has 2 aromatic heterocycles. The lowest BCUT2D eigenvalue weighted by atomic mass is 9.85. The Morgan fingerprint density at radius 2 is 1.54 bits per heavy atom. The first-order chi connectivity index (χ1) is 18.1. The van der Waals surface area contributed by atoms with Crippen LogP contribution in [-0.4, -0.2) is 51.2 Å². The number of nitrogens with zero attached hydrogens (tertiary/aromatic N) is 4. The van der Waals surface area contributed by atoms with Crippen LogP contribution in [0.3, 0.4) is 0 Å². The number of carbonyl (C=O) groups excluding carboxylic acids is 2. The average Bonchev–Trinajstić information content (AvgIpc) is 3.25. The highest BCUT2D eigenvalue weighted by molar-refractivity contribution is 6.06. The van der Waals surface area contributed by atoms with Gasteiger partial charge in [0.05, 0.1) is 11.6 Å². The molecule has 3 aromatic rings. The van der Waals surface area contributed by atoms with Gasteiger partial charge in [0, 0.05) is 68.4 Å². The molecular weight excluding hydrogens is 464 g/mol. The highest BCUT2D eigenvalue weighted by Crippen LogP contribution is 2.49. The lowest BCUT2D eigenvalue weighted by Gasteiger charge is -2.28. The average molecular weight is 491 g/mol. The number of aromatic nitrogens is 2. The maximum Gasteiger partial charge on any atom is 0.254 e. The van der Waals surface area contributed by atoms with E-state index in [2.05, 4.69) is 26.7 Å². The van der Waals surface area contributed by atoms with Crippen LogP contribution in [-0.2, 0) is 17.6 Å². The number of hydrogen-bond donors (Lipinski definition) is 2. The fourth-order valence-corrected chi connectivity index (χ4v) is 5.79. The van der Waals surface area contributed by atoms with E-state index in [1.807, 2.05) is 29.2 Å². The largest absolute Gasteiger partial charge is 0.357 e. The third kappa shape index (κ3) is 4.28. The van der Waals surface area contributed by atoms with E-state index >= 15 is 0 Å². The molecule has 0 spiro atoms. The Hall–Kier alpha value is -4.35. The summed E-state index contributed by atoms with van der Waals surface area (Å²) in [6.07, 6.45) is 9.38. The van der Waals surface area contributed by atoms with Gasteiger partial charge in [-0.05, 0) is 71.5 Å². The molecule has 0 bridgehead atoms. The summed E-state index contributed by atoms with van der Waals surface area (Å²) < 4.78 is 0. The number of pyridine rings is 2. The van der Waals surface area contributed by atoms with Crippen molar-refractivity contribution in [1.82, 2.24) is 25.5 Å². The minimum absolute atomic E-state index is 0.0144. The number of allylic oxidation sites excluding steroid dienone is 1. The molecule has 4 heterocycles. The van der Waals surface area contributed by atoms with Gasteiger partial charge in [0.2, 0.25) is 0 Å². The Bertz CT molecular complexity index is 1350. The highest BCUT2D eigenvalue weighted by atomic mass is 16.2. The predicted molar refractivity (Wildman–Crippen MR) is 136 cm³/mol. The fraction of sp³-hybridized carbons (Fsp3) is 0.276. The van der Waals surface area contributed by atoms with Crippen molar-refractivity contribution in [2.45, 2.75) is 24.4 Å². The first kappa shape index (κ1) is 23.1. The first-order valence-electron chi connectivity index (χ1n) is 12.4. The Kier molecular flexibility index (Phi) is 5.78. The lowest BCUT2D eigenvalue weighted by Crippen LogP contribution is -2.51. The molecular formula is C29H26N6O2. The maximum absolute atomic E-state index is 14.4. The van der Waals surface area contributed by atoms with Gasteiger partial charge in [-0.3, -0.25) is 24.5 Å². The Labute approximate surface area is 215 Å². The number of hydrogen-bond acceptors (Lipinski definition) is 7. The lowest BCUT2D eigenvalue weighted by molar-refractivity contribution is -0.132. The van der Waals surface area contributed by atoms with E-state index in [-0.39, 0.29) is 17.7 Å². The van der Waals surface area contributed by atoms with Crippen molar-refractivity contribution in [3.63, 3.8) is 0 Å². The van der Waals surface area contributed by atoms with Crippen LogP contribution in [0.2, 0.25) is 0 Å². The zero-order valence-corrected chi connectivity index (χ0v) is 20.2. The van der Waals surface area contributed by atoms with Gasteiger partial charge in [0.1, 0.15) is 11.4 Å². The summed E-state index contributed by atoms with van der Waals surface area (Å²) >= 11 is 0. The number of carbonyl (C=O) groups is 2. The first-order valence-corrected chi connectivity index (χ1v) is 12.4. The fourth-order valence-electron chi connectivity index (χ4n) is 5.79. The minimum atomic E-state index is -0.955. The third-order valence-corrected chi connectivity index (χ3v) is 7.68. The molecule has 2 aliphatic heterocycles. The Balaban J connectivity index is 1.40. The normalized spacial score (nSPS) is 24.4. The quantitative estimate of drug-likeness (QED) is 0.386. The molecule has 8 heteroatoms. The van der Waals surface area contributed by atoms with Crippen LogP contribution >= 0.6 is 0 Å². The van der Waals surface area contributed by atoms with Crippen molar-refractivity contribution in [3.8, 4) is 6.07 Å². The summed E-state index contributed by atoms with van der Waals surface area (Å²) in [4.78, 5) is 37.8. The van der Waals surface area contributed by atoms with Crippen LogP contribution in [0.15, 0.2) is 85.2 Å². The van der Waals surface area contributed by atoms with Gasteiger partial charge in [0.25, 0.3) is 5.91 Å². The van der Waals surface area contributed by atoms with Crippen molar-refractivity contribution in [1.29, 1.82) is 5.26 Å². The van der Waals surface area contributed by atoms with Crippen LogP contribution in [0, 0.1) is 23.2 Å². The number of fused-ring (bicyclic) bond motifs is 1. The molecule has 1 aromatic carbocycles. The van der Waals surface area contributed by atoms with Gasteiger partial charge < -0.3 is 10.6 Å². The summed E-state index contributed by atoms with van der Waals surface area (Å²) in [7, 11) is 0. The van der Waals surface area contributed by atoms with Crippen molar-refractivity contribution in [3.05, 3.63) is 107 Å². The molecule has 8 nitrogen and oxygen atoms in total. The summed E-state index contributed by atoms with van der Waals surface area (Å²) in [5, 5.41) is 16.0. The summed E-state index contributed by atoms with van der Waals surface area (Å²) in [6, 6.07) is 16.4. The molecule has 0 radical (unpaired) electrons. The van der Waals surface area contributed by atoms with Crippen molar-refractivity contribution in [2.24, 2.45) is 11.8 Å². The molecule has 0 unspecified atom stereocenters. The molecule has 2 N–H and O–H groups in total. The SMILES string of the molecule is N#Cc1ccc(C(=O)/C=C2\NC(Cc3ccncc3)(Cc3ccncc3)C(=O)N2[C@H]2[C@@H]3CNC[C@@H]32)cc1. The summed E-state index contributed by atoms with van der Waals surface area (Å²) in [6.45, 7) is 1.75. The van der Waals surface area contributed by atoms with E-state index in [9.17, 15) is 9.59 Å². The van der Waals surface area contributed by atoms with E-state index in [0.29, 0.717) is 41.6 Å². The number of rotatable bonds is 7. The third-order valence-electron chi connectivity index (χ3n) is 7.68. The van der Waals surface area contributed by atoms with Gasteiger partial charge >= 0.3 is 0 Å². The van der Waals surface area contributed by atoms with Crippen LogP contribution in [0.5, 0.6) is 0 Å². The molecule has 3 fully saturated rings. The van der Waals surface area contributed by atoms with Gasteiger partial charge in [0.15, 0.2) is 5.78 Å². The molecule has 3 atom stereocenters. The molecule has 37 heavy (non-hydrogen) atoms. The van der Waals surface area contributed by atoms with E-state index < -0.39 is 5.54 Å². The summed E-state index contributed by atoms with van der Waals surface area (Å²) in [5.74, 6) is 1.09. The number of benzene rings is 1. The zero-order chi connectivity index (χ0) is 25.4. The summed E-state index contributed by atoms with van der Waals surface area (Å²) in [5.41, 5.74) is 1.99. The van der Waals surface area contributed by atoms with Crippen molar-refractivity contribution < 1.29 is 9.59 Å². The van der Waals surface area contributed by atoms with Crippen LogP contribution < -0.4 is 10.6 Å². The predicted octanol–water partition coefficient (Wildman–Crippen LogP) is 2.25. The number of ketones is 1. The van der Waals surface area contributed by atoms with Gasteiger partial charge in [-0.2, -0.15) is 5.26 Å². The van der Waals surface area contributed by atoms with Gasteiger partial charge in [-0.25, -0.2) is 0 Å². The minimum Gasteiger partial charge on any atom is -0.357 e. The monoisotopic (exact) mass is 490 g/mol. The molecule has 1 amide bonds. The molecule has 1 saturated carbocycles. The second kappa shape index (κ2) is 9.26. The second-order valence-corrected chi connectivity index (χ2v) is 10.0. The maximum atomic E-state index is 14.4. The number of nitriles is 1. The van der Waals surface area contributed by atoms with E-state index in [1.54, 1.807) is 55.1 Å². The second-order valence-electron chi connectivity index (χ2n) is 10.0. The molecule has 6 rings (SSSR count). The number of piperidine rings is 1. The van der Waals surface area contributed by atoms with E-state index in [0.717, 1.165) is 24.2 Å². The van der Waals surface area contributed by atoms with E-state index in [4.69, 9.17) is 5.26 Å². The van der Waals surface area contributed by atoms with E-state index in [1.165, 1.54) is 0 Å². The molecule has 3 aliphatic rings. The van der Waals surface area contributed by atoms with Gasteiger partial charge in [-0.15, -0.1) is 0 Å². The number of amides is 1.